The lowest BCUT2D eigenvalue weighted by Gasteiger charge is -2.24. The summed E-state index contributed by atoms with van der Waals surface area (Å²) in [5, 5.41) is 16.9. The summed E-state index contributed by atoms with van der Waals surface area (Å²) in [6, 6.07) is 22.9. The number of anilines is 3. The van der Waals surface area contributed by atoms with Crippen molar-refractivity contribution in [3.63, 3.8) is 0 Å². The lowest BCUT2D eigenvalue weighted by Crippen LogP contribution is -2.29. The van der Waals surface area contributed by atoms with Gasteiger partial charge < -0.3 is 20.1 Å². The molecule has 1 aliphatic heterocycles. The van der Waals surface area contributed by atoms with Crippen molar-refractivity contribution in [3.8, 4) is 23.3 Å². The summed E-state index contributed by atoms with van der Waals surface area (Å²) in [6.45, 7) is 5.20. The highest BCUT2D eigenvalue weighted by atomic mass is 16.5. The molecule has 0 spiro atoms. The van der Waals surface area contributed by atoms with Gasteiger partial charge in [0, 0.05) is 36.0 Å². The maximum absolute atomic E-state index is 12.8. The molecule has 1 aromatic heterocycles. The zero-order valence-corrected chi connectivity index (χ0v) is 23.1. The molecule has 4 aromatic rings. The van der Waals surface area contributed by atoms with E-state index in [1.807, 2.05) is 67.6 Å². The van der Waals surface area contributed by atoms with E-state index in [-0.39, 0.29) is 5.91 Å². The molecular weight excluding hydrogens is 514 g/mol. The molecule has 8 nitrogen and oxygen atoms in total. The van der Waals surface area contributed by atoms with Crippen molar-refractivity contribution >= 4 is 33.9 Å². The number of nitriles is 1. The first-order valence-corrected chi connectivity index (χ1v) is 13.9. The first-order chi connectivity index (χ1) is 20.1. The summed E-state index contributed by atoms with van der Waals surface area (Å²) in [7, 11) is 0. The third kappa shape index (κ3) is 7.21. The Hall–Kier alpha value is -4.87. The molecule has 5 rings (SSSR count). The minimum absolute atomic E-state index is 0.241. The summed E-state index contributed by atoms with van der Waals surface area (Å²) in [5.41, 5.74) is 2.89. The normalized spacial score (nSPS) is 13.6. The lowest BCUT2D eigenvalue weighted by molar-refractivity contribution is -0.111. The molecule has 0 atom stereocenters. The van der Waals surface area contributed by atoms with Gasteiger partial charge in [-0.1, -0.05) is 30.7 Å². The molecule has 2 N–H and O–H groups in total. The van der Waals surface area contributed by atoms with Crippen LogP contribution in [-0.4, -0.2) is 42.0 Å². The first kappa shape index (κ1) is 27.7. The van der Waals surface area contributed by atoms with Crippen LogP contribution in [0.5, 0.6) is 17.2 Å². The number of likely N-dealkylation sites (tertiary alicyclic amines) is 1. The second-order valence-corrected chi connectivity index (χ2v) is 9.77. The number of hydrogen-bond acceptors (Lipinski definition) is 7. The zero-order valence-electron chi connectivity index (χ0n) is 23.1. The van der Waals surface area contributed by atoms with Gasteiger partial charge in [0.05, 0.1) is 29.1 Å². The Morgan fingerprint density at radius 2 is 1.80 bits per heavy atom. The average molecular weight is 548 g/mol. The monoisotopic (exact) mass is 547 g/mol. The molecule has 0 saturated carbocycles. The second-order valence-electron chi connectivity index (χ2n) is 9.77. The minimum Gasteiger partial charge on any atom is -0.492 e. The number of amides is 1. The Bertz CT molecular complexity index is 1560. The zero-order chi connectivity index (χ0) is 28.4. The fourth-order valence-electron chi connectivity index (χ4n) is 4.81. The number of aromatic nitrogens is 1. The Morgan fingerprint density at radius 3 is 2.54 bits per heavy atom. The van der Waals surface area contributed by atoms with E-state index in [4.69, 9.17) is 9.47 Å². The van der Waals surface area contributed by atoms with Gasteiger partial charge >= 0.3 is 0 Å². The number of piperidine rings is 1. The summed E-state index contributed by atoms with van der Waals surface area (Å²) in [5.74, 6) is 1.72. The van der Waals surface area contributed by atoms with Gasteiger partial charge in [0.15, 0.2) is 0 Å². The van der Waals surface area contributed by atoms with Gasteiger partial charge in [0.1, 0.15) is 23.3 Å². The summed E-state index contributed by atoms with van der Waals surface area (Å²) in [4.78, 5) is 19.7. The topological polar surface area (TPSA) is 99.5 Å². The molecule has 0 aliphatic carbocycles. The van der Waals surface area contributed by atoms with Crippen LogP contribution in [0.25, 0.3) is 10.9 Å². The number of carbonyl (C=O) groups is 1. The summed E-state index contributed by atoms with van der Waals surface area (Å²) in [6.07, 6.45) is 8.68. The molecule has 1 aliphatic rings. The molecule has 0 radical (unpaired) electrons. The van der Waals surface area contributed by atoms with Crippen LogP contribution in [0.2, 0.25) is 0 Å². The van der Waals surface area contributed by atoms with Crippen LogP contribution < -0.4 is 20.1 Å². The third-order valence-corrected chi connectivity index (χ3v) is 6.83. The maximum Gasteiger partial charge on any atom is 0.248 e. The summed E-state index contributed by atoms with van der Waals surface area (Å²) < 4.78 is 11.7. The van der Waals surface area contributed by atoms with Crippen molar-refractivity contribution in [1.29, 1.82) is 5.26 Å². The number of nitrogens with zero attached hydrogens (tertiary/aromatic N) is 3. The fourth-order valence-corrected chi connectivity index (χ4v) is 4.81. The van der Waals surface area contributed by atoms with Crippen LogP contribution in [0.1, 0.15) is 31.7 Å². The van der Waals surface area contributed by atoms with Crippen molar-refractivity contribution in [2.45, 2.75) is 26.2 Å². The van der Waals surface area contributed by atoms with E-state index in [0.717, 1.165) is 31.1 Å². The molecule has 3 aromatic carbocycles. The quantitative estimate of drug-likeness (QED) is 0.206. The van der Waals surface area contributed by atoms with Crippen LogP contribution in [-0.2, 0) is 4.79 Å². The van der Waals surface area contributed by atoms with E-state index in [2.05, 4.69) is 26.6 Å². The minimum atomic E-state index is -0.241. The van der Waals surface area contributed by atoms with E-state index < -0.39 is 0 Å². The van der Waals surface area contributed by atoms with Crippen LogP contribution in [0.3, 0.4) is 0 Å². The third-order valence-electron chi connectivity index (χ3n) is 6.83. The lowest BCUT2D eigenvalue weighted by atomic mass is 10.1. The Labute approximate surface area is 240 Å². The van der Waals surface area contributed by atoms with Crippen molar-refractivity contribution < 1.29 is 14.3 Å². The van der Waals surface area contributed by atoms with Crippen molar-refractivity contribution in [2.24, 2.45) is 0 Å². The van der Waals surface area contributed by atoms with E-state index in [9.17, 15) is 10.1 Å². The molecule has 1 amide bonds. The molecule has 0 unspecified atom stereocenters. The van der Waals surface area contributed by atoms with E-state index >= 15 is 0 Å². The number of ether oxygens (including phenoxy) is 2. The number of rotatable bonds is 10. The van der Waals surface area contributed by atoms with Gasteiger partial charge in [-0.25, -0.2) is 0 Å². The molecule has 0 bridgehead atoms. The molecule has 208 valence electrons. The van der Waals surface area contributed by atoms with Gasteiger partial charge in [-0.05, 0) is 75.3 Å². The van der Waals surface area contributed by atoms with Crippen LogP contribution in [0, 0.1) is 11.3 Å². The van der Waals surface area contributed by atoms with Gasteiger partial charge in [0.2, 0.25) is 5.91 Å². The molecule has 8 heteroatoms. The number of pyridine rings is 1. The number of carbonyl (C=O) groups excluding carboxylic acids is 1. The molecule has 1 saturated heterocycles. The highest BCUT2D eigenvalue weighted by molar-refractivity contribution is 6.04. The highest BCUT2D eigenvalue weighted by Crippen LogP contribution is 2.36. The number of para-hydroxylation sites is 1. The van der Waals surface area contributed by atoms with E-state index in [0.29, 0.717) is 45.9 Å². The number of fused-ring (bicyclic) bond motifs is 1. The first-order valence-electron chi connectivity index (χ1n) is 13.9. The molecular formula is C33H33N5O3. The highest BCUT2D eigenvalue weighted by Gasteiger charge is 2.16. The number of nitrogens with one attached hydrogen (secondary N) is 2. The van der Waals surface area contributed by atoms with Crippen molar-refractivity contribution in [2.75, 3.05) is 36.9 Å². The van der Waals surface area contributed by atoms with Crippen molar-refractivity contribution in [3.05, 3.63) is 90.6 Å². The number of benzene rings is 3. The second kappa shape index (κ2) is 13.5. The summed E-state index contributed by atoms with van der Waals surface area (Å²) >= 11 is 0. The van der Waals surface area contributed by atoms with Gasteiger partial charge in [-0.3, -0.25) is 14.7 Å². The Kier molecular flexibility index (Phi) is 9.09. The SMILES string of the molecule is CCOc1cc2ncc(C#N)c(Nc3ccc(Oc4ccccc4)cc3)c2cc1NC(=O)/C=C/CN1CCCCC1. The molecule has 41 heavy (non-hydrogen) atoms. The fraction of sp³-hybridized carbons (Fsp3) is 0.242. The number of hydrogen-bond donors (Lipinski definition) is 2. The van der Waals surface area contributed by atoms with Crippen LogP contribution in [0.4, 0.5) is 17.1 Å². The Balaban J connectivity index is 1.39. The average Bonchev–Trinajstić information content (AvgIpc) is 3.00. The van der Waals surface area contributed by atoms with E-state index in [1.165, 1.54) is 25.5 Å². The van der Waals surface area contributed by atoms with Crippen LogP contribution in [0.15, 0.2) is 85.1 Å². The molecule has 2 heterocycles. The van der Waals surface area contributed by atoms with Gasteiger partial charge in [-0.2, -0.15) is 5.26 Å². The van der Waals surface area contributed by atoms with Crippen molar-refractivity contribution in [1.82, 2.24) is 9.88 Å². The standard InChI is InChI=1S/C33H33N5O3/c1-2-40-31-21-29-28(20-30(31)37-32(39)12-9-19-38-17-7-4-8-18-38)33(24(22-34)23-35-29)36-25-13-15-27(16-14-25)41-26-10-5-3-6-11-26/h3,5-6,9-16,20-21,23H,2,4,7-8,17-19H2,1H3,(H,35,36)(H,37,39)/b12-9+. The predicted octanol–water partition coefficient (Wildman–Crippen LogP) is 7.02. The molecule has 1 fully saturated rings. The van der Waals surface area contributed by atoms with Crippen LogP contribution >= 0.6 is 0 Å². The maximum atomic E-state index is 12.8. The predicted molar refractivity (Wildman–Crippen MR) is 162 cm³/mol. The van der Waals surface area contributed by atoms with Gasteiger partial charge in [-0.15, -0.1) is 0 Å². The largest absolute Gasteiger partial charge is 0.492 e. The van der Waals surface area contributed by atoms with Gasteiger partial charge in [0.25, 0.3) is 0 Å². The van der Waals surface area contributed by atoms with E-state index in [1.54, 1.807) is 18.2 Å². The Morgan fingerprint density at radius 1 is 1.05 bits per heavy atom. The smallest absolute Gasteiger partial charge is 0.248 e.